The Labute approximate surface area is 173 Å². The molecule has 0 unspecified atom stereocenters. The molecule has 0 aliphatic heterocycles. The van der Waals surface area contributed by atoms with Crippen LogP contribution in [0.1, 0.15) is 22.3 Å². The molecule has 154 valence electrons. The Balaban J connectivity index is 1.94. The van der Waals surface area contributed by atoms with Crippen molar-refractivity contribution in [3.63, 3.8) is 0 Å². The maximum Gasteiger partial charge on any atom is 0.329 e. The van der Waals surface area contributed by atoms with Crippen LogP contribution in [0.4, 0.5) is 10.1 Å². The number of aryl methyl sites for hydroxylation is 1. The molecule has 0 aliphatic carbocycles. The normalized spacial score (nSPS) is 11.4. The van der Waals surface area contributed by atoms with Crippen LogP contribution in [0.15, 0.2) is 48.5 Å². The minimum atomic E-state index is -0.892. The molecule has 8 heteroatoms. The van der Waals surface area contributed by atoms with E-state index < -0.39 is 36.2 Å². The van der Waals surface area contributed by atoms with Crippen molar-refractivity contribution >= 4 is 35.2 Å². The lowest BCUT2D eigenvalue weighted by Gasteiger charge is -2.17. The quantitative estimate of drug-likeness (QED) is 0.611. The van der Waals surface area contributed by atoms with Gasteiger partial charge < -0.3 is 15.4 Å². The first kappa shape index (κ1) is 22.4. The number of hydrogen-bond donors (Lipinski definition) is 2. The SMILES string of the molecule is CSCC[C@@H](NC(=O)c1cccc(C)c1)C(=O)OCC(=O)Nc1ccccc1F. The molecule has 0 heterocycles. The average Bonchev–Trinajstić information content (AvgIpc) is 2.70. The molecule has 1 atom stereocenters. The zero-order valence-corrected chi connectivity index (χ0v) is 17.1. The van der Waals surface area contributed by atoms with Gasteiger partial charge in [0.2, 0.25) is 0 Å². The van der Waals surface area contributed by atoms with E-state index in [1.165, 1.54) is 30.0 Å². The fourth-order valence-electron chi connectivity index (χ4n) is 2.50. The molecule has 0 spiro atoms. The Kier molecular flexibility index (Phi) is 8.67. The second-order valence-electron chi connectivity index (χ2n) is 6.31. The summed E-state index contributed by atoms with van der Waals surface area (Å²) in [4.78, 5) is 36.8. The van der Waals surface area contributed by atoms with Gasteiger partial charge in [0.25, 0.3) is 11.8 Å². The summed E-state index contributed by atoms with van der Waals surface area (Å²) in [6, 6.07) is 11.8. The molecule has 0 saturated heterocycles. The topological polar surface area (TPSA) is 84.5 Å². The van der Waals surface area contributed by atoms with Gasteiger partial charge in [-0.25, -0.2) is 9.18 Å². The molecular weight excluding hydrogens is 395 g/mol. The lowest BCUT2D eigenvalue weighted by atomic mass is 10.1. The van der Waals surface area contributed by atoms with Crippen LogP contribution >= 0.6 is 11.8 Å². The Bertz CT molecular complexity index is 875. The first-order valence-corrected chi connectivity index (χ1v) is 10.4. The number of para-hydroxylation sites is 1. The summed E-state index contributed by atoms with van der Waals surface area (Å²) in [6.45, 7) is 1.29. The number of hydrogen-bond acceptors (Lipinski definition) is 5. The lowest BCUT2D eigenvalue weighted by molar-refractivity contribution is -0.149. The Morgan fingerprint density at radius 1 is 1.14 bits per heavy atom. The lowest BCUT2D eigenvalue weighted by Crippen LogP contribution is -2.43. The number of amides is 2. The Hall–Kier alpha value is -2.87. The van der Waals surface area contributed by atoms with Gasteiger partial charge in [-0.3, -0.25) is 9.59 Å². The van der Waals surface area contributed by atoms with Crippen LogP contribution < -0.4 is 10.6 Å². The second kappa shape index (κ2) is 11.2. The number of ether oxygens (including phenoxy) is 1. The van der Waals surface area contributed by atoms with E-state index in [0.717, 1.165) is 5.56 Å². The van der Waals surface area contributed by atoms with Crippen LogP contribution in [0.5, 0.6) is 0 Å². The third-order valence-corrected chi connectivity index (χ3v) is 4.62. The molecule has 0 aliphatic rings. The number of rotatable bonds is 9. The van der Waals surface area contributed by atoms with Gasteiger partial charge in [0, 0.05) is 5.56 Å². The van der Waals surface area contributed by atoms with Crippen molar-refractivity contribution in [1.29, 1.82) is 0 Å². The molecule has 2 aromatic carbocycles. The zero-order valence-electron chi connectivity index (χ0n) is 16.2. The van der Waals surface area contributed by atoms with Crippen LogP contribution in [-0.2, 0) is 14.3 Å². The fraction of sp³-hybridized carbons (Fsp3) is 0.286. The monoisotopic (exact) mass is 418 g/mol. The van der Waals surface area contributed by atoms with Crippen LogP contribution in [-0.4, -0.2) is 42.4 Å². The van der Waals surface area contributed by atoms with Crippen LogP contribution in [0.3, 0.4) is 0 Å². The summed E-state index contributed by atoms with van der Waals surface area (Å²) >= 11 is 1.52. The summed E-state index contributed by atoms with van der Waals surface area (Å²) in [5.41, 5.74) is 1.36. The number of nitrogens with one attached hydrogen (secondary N) is 2. The van der Waals surface area contributed by atoms with Gasteiger partial charge >= 0.3 is 5.97 Å². The smallest absolute Gasteiger partial charge is 0.329 e. The number of anilines is 1. The summed E-state index contributed by atoms with van der Waals surface area (Å²) in [5, 5.41) is 5.00. The molecule has 0 radical (unpaired) electrons. The molecule has 6 nitrogen and oxygen atoms in total. The van der Waals surface area contributed by atoms with Crippen LogP contribution in [0.2, 0.25) is 0 Å². The van der Waals surface area contributed by atoms with Crippen molar-refractivity contribution in [3.05, 3.63) is 65.5 Å². The van der Waals surface area contributed by atoms with Gasteiger partial charge in [0.15, 0.2) is 6.61 Å². The van der Waals surface area contributed by atoms with E-state index in [2.05, 4.69) is 10.6 Å². The van der Waals surface area contributed by atoms with E-state index in [4.69, 9.17) is 4.74 Å². The molecule has 0 aromatic heterocycles. The highest BCUT2D eigenvalue weighted by Gasteiger charge is 2.23. The first-order valence-electron chi connectivity index (χ1n) is 8.98. The molecule has 2 N–H and O–H groups in total. The molecule has 0 bridgehead atoms. The van der Waals surface area contributed by atoms with Crippen molar-refractivity contribution in [2.45, 2.75) is 19.4 Å². The van der Waals surface area contributed by atoms with E-state index in [1.54, 1.807) is 24.3 Å². The molecule has 2 aromatic rings. The summed E-state index contributed by atoms with van der Waals surface area (Å²) < 4.78 is 18.6. The molecule has 2 rings (SSSR count). The third kappa shape index (κ3) is 7.23. The van der Waals surface area contributed by atoms with Crippen LogP contribution in [0, 0.1) is 12.7 Å². The van der Waals surface area contributed by atoms with Crippen LogP contribution in [0.25, 0.3) is 0 Å². The summed E-state index contributed by atoms with van der Waals surface area (Å²) in [5.74, 6) is -1.75. The van der Waals surface area contributed by atoms with Gasteiger partial charge in [-0.1, -0.05) is 29.8 Å². The van der Waals surface area contributed by atoms with Crippen molar-refractivity contribution in [2.24, 2.45) is 0 Å². The maximum atomic E-state index is 13.6. The zero-order chi connectivity index (χ0) is 21.2. The molecule has 2 amide bonds. The fourth-order valence-corrected chi connectivity index (χ4v) is 2.97. The maximum absolute atomic E-state index is 13.6. The predicted molar refractivity (Wildman–Crippen MR) is 111 cm³/mol. The van der Waals surface area contributed by atoms with Gasteiger partial charge in [0.05, 0.1) is 5.69 Å². The van der Waals surface area contributed by atoms with Gasteiger partial charge in [-0.05, 0) is 49.6 Å². The average molecular weight is 418 g/mol. The van der Waals surface area contributed by atoms with Gasteiger partial charge in [-0.2, -0.15) is 11.8 Å². The van der Waals surface area contributed by atoms with E-state index in [9.17, 15) is 18.8 Å². The molecular formula is C21H23FN2O4S. The second-order valence-corrected chi connectivity index (χ2v) is 7.30. The standard InChI is InChI=1S/C21H23FN2O4S/c1-14-6-5-7-15(12-14)20(26)24-18(10-11-29-2)21(27)28-13-19(25)23-17-9-4-3-8-16(17)22/h3-9,12,18H,10-11,13H2,1-2H3,(H,23,25)(H,24,26)/t18-/m1/s1. The molecule has 0 fully saturated rings. The van der Waals surface area contributed by atoms with E-state index in [0.29, 0.717) is 17.7 Å². The molecule has 0 saturated carbocycles. The van der Waals surface area contributed by atoms with E-state index >= 15 is 0 Å². The number of carbonyl (C=O) groups is 3. The highest BCUT2D eigenvalue weighted by Crippen LogP contribution is 2.12. The third-order valence-electron chi connectivity index (χ3n) is 3.97. The number of halogens is 1. The summed E-state index contributed by atoms with van der Waals surface area (Å²) in [7, 11) is 0. The summed E-state index contributed by atoms with van der Waals surface area (Å²) in [6.07, 6.45) is 2.24. The number of esters is 1. The number of carbonyl (C=O) groups excluding carboxylic acids is 3. The Morgan fingerprint density at radius 2 is 1.90 bits per heavy atom. The number of thioether (sulfide) groups is 1. The minimum absolute atomic E-state index is 0.000215. The van der Waals surface area contributed by atoms with Gasteiger partial charge in [0.1, 0.15) is 11.9 Å². The predicted octanol–water partition coefficient (Wildman–Crippen LogP) is 3.17. The van der Waals surface area contributed by atoms with Crippen molar-refractivity contribution < 1.29 is 23.5 Å². The number of benzene rings is 2. The minimum Gasteiger partial charge on any atom is -0.454 e. The largest absolute Gasteiger partial charge is 0.454 e. The van der Waals surface area contributed by atoms with Crippen molar-refractivity contribution in [1.82, 2.24) is 5.32 Å². The molecule has 29 heavy (non-hydrogen) atoms. The van der Waals surface area contributed by atoms with E-state index in [1.807, 2.05) is 19.2 Å². The highest BCUT2D eigenvalue weighted by atomic mass is 32.2. The van der Waals surface area contributed by atoms with Crippen molar-refractivity contribution in [2.75, 3.05) is 23.9 Å². The Morgan fingerprint density at radius 3 is 2.59 bits per heavy atom. The highest BCUT2D eigenvalue weighted by molar-refractivity contribution is 7.98. The van der Waals surface area contributed by atoms with Gasteiger partial charge in [-0.15, -0.1) is 0 Å². The van der Waals surface area contributed by atoms with Crippen molar-refractivity contribution in [3.8, 4) is 0 Å². The first-order chi connectivity index (χ1) is 13.9. The van der Waals surface area contributed by atoms with E-state index in [-0.39, 0.29) is 5.69 Å².